The summed E-state index contributed by atoms with van der Waals surface area (Å²) in [5, 5.41) is 9.87. The van der Waals surface area contributed by atoms with Gasteiger partial charge in [0.15, 0.2) is 0 Å². The first-order chi connectivity index (χ1) is 9.02. The monoisotopic (exact) mass is 261 g/mol. The van der Waals surface area contributed by atoms with Crippen LogP contribution in [0.4, 0.5) is 0 Å². The minimum Gasteiger partial charge on any atom is -0.497 e. The molecule has 0 aliphatic carbocycles. The van der Waals surface area contributed by atoms with Gasteiger partial charge in [-0.15, -0.1) is 0 Å². The van der Waals surface area contributed by atoms with Gasteiger partial charge in [-0.25, -0.2) is 0 Å². The van der Waals surface area contributed by atoms with E-state index in [2.05, 4.69) is 17.7 Å². The first-order valence-electron chi connectivity index (χ1n) is 6.37. The molecule has 4 nitrogen and oxygen atoms in total. The van der Waals surface area contributed by atoms with E-state index < -0.39 is 5.97 Å². The van der Waals surface area contributed by atoms with Crippen LogP contribution in [0.25, 0.3) is 10.9 Å². The topological polar surface area (TPSA) is 51.5 Å². The maximum atomic E-state index is 10.6. The number of aryl methyl sites for hydroxylation is 3. The molecule has 0 radical (unpaired) electrons. The Labute approximate surface area is 112 Å². The van der Waals surface area contributed by atoms with E-state index in [1.807, 2.05) is 19.2 Å². The largest absolute Gasteiger partial charge is 0.497 e. The third-order valence-corrected chi connectivity index (χ3v) is 3.39. The van der Waals surface area contributed by atoms with E-state index in [9.17, 15) is 4.79 Å². The number of carboxylic acids is 1. The van der Waals surface area contributed by atoms with E-state index in [1.54, 1.807) is 7.11 Å². The number of nitrogens with zero attached hydrogens (tertiary/aromatic N) is 1. The van der Waals surface area contributed by atoms with Crippen LogP contribution in [0.3, 0.4) is 0 Å². The smallest absolute Gasteiger partial charge is 0.303 e. The molecule has 0 spiro atoms. The third kappa shape index (κ3) is 2.72. The SMILES string of the molecule is COc1cc(C)c2c(c1)c(CCCC(=O)O)cn2C. The van der Waals surface area contributed by atoms with E-state index >= 15 is 0 Å². The Morgan fingerprint density at radius 2 is 2.16 bits per heavy atom. The first kappa shape index (κ1) is 13.5. The molecule has 2 aromatic rings. The van der Waals surface area contributed by atoms with E-state index in [4.69, 9.17) is 9.84 Å². The number of aliphatic carboxylic acids is 1. The Kier molecular flexibility index (Phi) is 3.79. The van der Waals surface area contributed by atoms with Gasteiger partial charge in [0.2, 0.25) is 0 Å². The molecule has 0 aliphatic rings. The maximum Gasteiger partial charge on any atom is 0.303 e. The number of rotatable bonds is 5. The van der Waals surface area contributed by atoms with Crippen LogP contribution in [0.1, 0.15) is 24.0 Å². The van der Waals surface area contributed by atoms with E-state index in [1.165, 1.54) is 16.6 Å². The summed E-state index contributed by atoms with van der Waals surface area (Å²) in [6.07, 6.45) is 3.72. The molecule has 2 rings (SSSR count). The van der Waals surface area contributed by atoms with Crippen LogP contribution in [0.5, 0.6) is 5.75 Å². The maximum absolute atomic E-state index is 10.6. The second-order valence-electron chi connectivity index (χ2n) is 4.85. The van der Waals surface area contributed by atoms with Gasteiger partial charge in [-0.1, -0.05) is 0 Å². The summed E-state index contributed by atoms with van der Waals surface area (Å²) < 4.78 is 7.40. The van der Waals surface area contributed by atoms with Gasteiger partial charge in [0.05, 0.1) is 12.6 Å². The lowest BCUT2D eigenvalue weighted by Gasteiger charge is -2.05. The molecule has 102 valence electrons. The number of carbonyl (C=O) groups is 1. The number of benzene rings is 1. The number of fused-ring (bicyclic) bond motifs is 1. The van der Waals surface area contributed by atoms with Crippen molar-refractivity contribution in [2.45, 2.75) is 26.2 Å². The predicted molar refractivity (Wildman–Crippen MR) is 74.8 cm³/mol. The van der Waals surface area contributed by atoms with Crippen molar-refractivity contribution in [2.75, 3.05) is 7.11 Å². The molecule has 1 heterocycles. The number of hydrogen-bond acceptors (Lipinski definition) is 2. The lowest BCUT2D eigenvalue weighted by molar-refractivity contribution is -0.137. The third-order valence-electron chi connectivity index (χ3n) is 3.39. The van der Waals surface area contributed by atoms with Crippen LogP contribution >= 0.6 is 0 Å². The molecular weight excluding hydrogens is 242 g/mol. The highest BCUT2D eigenvalue weighted by Crippen LogP contribution is 2.29. The quantitative estimate of drug-likeness (QED) is 0.900. The lowest BCUT2D eigenvalue weighted by Crippen LogP contribution is -1.95. The highest BCUT2D eigenvalue weighted by Gasteiger charge is 2.11. The van der Waals surface area contributed by atoms with Crippen LogP contribution in [0.2, 0.25) is 0 Å². The molecule has 0 aliphatic heterocycles. The predicted octanol–water partition coefficient (Wildman–Crippen LogP) is 2.90. The minimum atomic E-state index is -0.742. The molecule has 0 fully saturated rings. The van der Waals surface area contributed by atoms with Crippen LogP contribution in [0.15, 0.2) is 18.3 Å². The van der Waals surface area contributed by atoms with Crippen molar-refractivity contribution < 1.29 is 14.6 Å². The summed E-state index contributed by atoms with van der Waals surface area (Å²) in [5.74, 6) is 0.102. The highest BCUT2D eigenvalue weighted by atomic mass is 16.5. The molecule has 1 aromatic heterocycles. The normalized spacial score (nSPS) is 10.9. The zero-order chi connectivity index (χ0) is 14.0. The Bertz CT molecular complexity index is 613. The zero-order valence-electron chi connectivity index (χ0n) is 11.6. The Morgan fingerprint density at radius 3 is 2.79 bits per heavy atom. The number of ether oxygens (including phenoxy) is 1. The fraction of sp³-hybridized carbons (Fsp3) is 0.400. The molecule has 0 atom stereocenters. The number of methoxy groups -OCH3 is 1. The lowest BCUT2D eigenvalue weighted by atomic mass is 10.0. The van der Waals surface area contributed by atoms with Gasteiger partial charge in [-0.2, -0.15) is 0 Å². The fourth-order valence-corrected chi connectivity index (χ4v) is 2.57. The first-order valence-corrected chi connectivity index (χ1v) is 6.37. The van der Waals surface area contributed by atoms with Crippen molar-refractivity contribution in [3.05, 3.63) is 29.5 Å². The van der Waals surface area contributed by atoms with Crippen molar-refractivity contribution in [1.82, 2.24) is 4.57 Å². The summed E-state index contributed by atoms with van der Waals surface area (Å²) >= 11 is 0. The van der Waals surface area contributed by atoms with Gasteiger partial charge < -0.3 is 14.4 Å². The van der Waals surface area contributed by atoms with Crippen LogP contribution in [-0.4, -0.2) is 22.8 Å². The van der Waals surface area contributed by atoms with Gasteiger partial charge in [-0.05, 0) is 43.0 Å². The van der Waals surface area contributed by atoms with Gasteiger partial charge in [0.25, 0.3) is 0 Å². The molecule has 1 aromatic carbocycles. The molecule has 0 bridgehead atoms. The summed E-state index contributed by atoms with van der Waals surface area (Å²) in [6.45, 7) is 2.06. The van der Waals surface area contributed by atoms with Crippen LogP contribution < -0.4 is 4.74 Å². The van der Waals surface area contributed by atoms with Crippen molar-refractivity contribution in [2.24, 2.45) is 7.05 Å². The highest BCUT2D eigenvalue weighted by molar-refractivity contribution is 5.88. The molecule has 0 saturated heterocycles. The fourth-order valence-electron chi connectivity index (χ4n) is 2.57. The summed E-state index contributed by atoms with van der Waals surface area (Å²) in [4.78, 5) is 10.6. The van der Waals surface area contributed by atoms with Crippen LogP contribution in [0, 0.1) is 6.92 Å². The molecule has 1 N–H and O–H groups in total. The average Bonchev–Trinajstić information content (AvgIpc) is 2.66. The van der Waals surface area contributed by atoms with Crippen molar-refractivity contribution in [1.29, 1.82) is 0 Å². The molecule has 0 saturated carbocycles. The minimum absolute atomic E-state index is 0.208. The van der Waals surface area contributed by atoms with Crippen LogP contribution in [-0.2, 0) is 18.3 Å². The molecule has 19 heavy (non-hydrogen) atoms. The van der Waals surface area contributed by atoms with Gasteiger partial charge in [0.1, 0.15) is 5.75 Å². The molecule has 4 heteroatoms. The zero-order valence-corrected chi connectivity index (χ0v) is 11.6. The molecule has 0 unspecified atom stereocenters. The molecule has 0 amide bonds. The summed E-state index contributed by atoms with van der Waals surface area (Å²) in [5.41, 5.74) is 3.54. The van der Waals surface area contributed by atoms with Gasteiger partial charge in [-0.3, -0.25) is 4.79 Å². The molecular formula is C15H19NO3. The number of aromatic nitrogens is 1. The van der Waals surface area contributed by atoms with Crippen molar-refractivity contribution >= 4 is 16.9 Å². The standard InChI is InChI=1S/C15H19NO3/c1-10-7-12(19-3)8-13-11(5-4-6-14(17)18)9-16(2)15(10)13/h7-9H,4-6H2,1-3H3,(H,17,18). The second kappa shape index (κ2) is 5.34. The summed E-state index contributed by atoms with van der Waals surface area (Å²) in [7, 11) is 3.68. The van der Waals surface area contributed by atoms with E-state index in [-0.39, 0.29) is 6.42 Å². The van der Waals surface area contributed by atoms with Crippen molar-refractivity contribution in [3.63, 3.8) is 0 Å². The Balaban J connectivity index is 2.38. The number of carboxylic acid groups (broad SMARTS) is 1. The number of hydrogen-bond donors (Lipinski definition) is 1. The second-order valence-corrected chi connectivity index (χ2v) is 4.85. The summed E-state index contributed by atoms with van der Waals surface area (Å²) in [6, 6.07) is 4.04. The average molecular weight is 261 g/mol. The van der Waals surface area contributed by atoms with Gasteiger partial charge in [0, 0.05) is 25.1 Å². The van der Waals surface area contributed by atoms with E-state index in [0.29, 0.717) is 6.42 Å². The van der Waals surface area contributed by atoms with E-state index in [0.717, 1.165) is 17.6 Å². The van der Waals surface area contributed by atoms with Crippen molar-refractivity contribution in [3.8, 4) is 5.75 Å². The Hall–Kier alpha value is -1.97. The van der Waals surface area contributed by atoms with Gasteiger partial charge >= 0.3 is 5.97 Å². The Morgan fingerprint density at radius 1 is 1.42 bits per heavy atom.